The Labute approximate surface area is 202 Å². The van der Waals surface area contributed by atoms with Gasteiger partial charge in [-0.1, -0.05) is 35.3 Å². The maximum Gasteiger partial charge on any atom is 0.416 e. The van der Waals surface area contributed by atoms with Crippen LogP contribution in [0.25, 0.3) is 22.3 Å². The number of nitrogens with one attached hydrogen (secondary N) is 2. The highest BCUT2D eigenvalue weighted by atomic mass is 35.5. The van der Waals surface area contributed by atoms with E-state index in [0.29, 0.717) is 39.3 Å². The van der Waals surface area contributed by atoms with Crippen molar-refractivity contribution in [1.82, 2.24) is 15.3 Å². The molecule has 0 spiro atoms. The summed E-state index contributed by atoms with van der Waals surface area (Å²) in [4.78, 5) is 21.4. The first-order chi connectivity index (χ1) is 16.2. The van der Waals surface area contributed by atoms with Gasteiger partial charge in [0.1, 0.15) is 5.82 Å². The van der Waals surface area contributed by atoms with Crippen LogP contribution in [-0.4, -0.2) is 29.0 Å². The Balaban J connectivity index is 1.48. The maximum atomic E-state index is 12.7. The van der Waals surface area contributed by atoms with Gasteiger partial charge >= 0.3 is 6.18 Å². The Morgan fingerprint density at radius 2 is 1.65 bits per heavy atom. The fraction of sp³-hybridized carbons (Fsp3) is 0.125. The van der Waals surface area contributed by atoms with Crippen molar-refractivity contribution in [2.24, 2.45) is 0 Å². The van der Waals surface area contributed by atoms with Gasteiger partial charge in [0.25, 0.3) is 5.91 Å². The predicted molar refractivity (Wildman–Crippen MR) is 127 cm³/mol. The van der Waals surface area contributed by atoms with Crippen LogP contribution in [0, 0.1) is 0 Å². The lowest BCUT2D eigenvalue weighted by Crippen LogP contribution is -2.29. The molecule has 0 saturated heterocycles. The Bertz CT molecular complexity index is 1340. The molecule has 2 N–H and O–H groups in total. The van der Waals surface area contributed by atoms with E-state index in [1.165, 1.54) is 0 Å². The highest BCUT2D eigenvalue weighted by molar-refractivity contribution is 6.33. The van der Waals surface area contributed by atoms with E-state index in [-0.39, 0.29) is 12.1 Å². The van der Waals surface area contributed by atoms with Crippen LogP contribution in [0.2, 0.25) is 10.0 Å². The van der Waals surface area contributed by atoms with Crippen LogP contribution >= 0.6 is 23.2 Å². The normalized spacial score (nSPS) is 11.4. The molecule has 1 amide bonds. The fourth-order valence-electron chi connectivity index (χ4n) is 3.27. The number of hydrogen-bond acceptors (Lipinski definition) is 4. The second-order valence-electron chi connectivity index (χ2n) is 7.29. The van der Waals surface area contributed by atoms with Crippen molar-refractivity contribution in [1.29, 1.82) is 0 Å². The standard InChI is InChI=1S/C24H17Cl2F3N4O/c25-16-9-10-18-20(13-16)32-22(17-3-1-2-4-19(17)26)33-21(18)30-11-12-31-23(34)14-5-7-15(8-6-14)24(27,28)29/h1-10,13H,11-12H2,(H,31,34)(H,30,32,33). The molecular formula is C24H17Cl2F3N4O. The van der Waals surface area contributed by atoms with Gasteiger partial charge in [0.15, 0.2) is 5.82 Å². The number of benzene rings is 3. The first-order valence-corrected chi connectivity index (χ1v) is 10.9. The van der Waals surface area contributed by atoms with E-state index in [4.69, 9.17) is 23.2 Å². The zero-order chi connectivity index (χ0) is 24.3. The summed E-state index contributed by atoms with van der Waals surface area (Å²) in [6.45, 7) is 0.517. The largest absolute Gasteiger partial charge is 0.416 e. The molecule has 4 rings (SSSR count). The monoisotopic (exact) mass is 504 g/mol. The number of amides is 1. The number of nitrogens with zero attached hydrogens (tertiary/aromatic N) is 2. The summed E-state index contributed by atoms with van der Waals surface area (Å²) < 4.78 is 38.1. The second kappa shape index (κ2) is 9.87. The van der Waals surface area contributed by atoms with Crippen LogP contribution in [0.5, 0.6) is 0 Å². The van der Waals surface area contributed by atoms with Crippen LogP contribution in [0.3, 0.4) is 0 Å². The predicted octanol–water partition coefficient (Wildman–Crippen LogP) is 6.46. The van der Waals surface area contributed by atoms with E-state index in [1.54, 1.807) is 24.3 Å². The third-order valence-corrected chi connectivity index (χ3v) is 5.52. The number of carbonyl (C=O) groups is 1. The molecule has 0 aliphatic carbocycles. The molecule has 1 aromatic heterocycles. The highest BCUT2D eigenvalue weighted by Crippen LogP contribution is 2.31. The Morgan fingerprint density at radius 3 is 2.35 bits per heavy atom. The van der Waals surface area contributed by atoms with Gasteiger partial charge in [0.05, 0.1) is 16.1 Å². The lowest BCUT2D eigenvalue weighted by molar-refractivity contribution is -0.137. The minimum atomic E-state index is -4.45. The summed E-state index contributed by atoms with van der Waals surface area (Å²) in [5.41, 5.74) is 0.602. The van der Waals surface area contributed by atoms with Gasteiger partial charge in [0, 0.05) is 34.6 Å². The summed E-state index contributed by atoms with van der Waals surface area (Å²) in [6, 6.07) is 16.5. The van der Waals surface area contributed by atoms with Crippen molar-refractivity contribution < 1.29 is 18.0 Å². The molecule has 3 aromatic carbocycles. The number of carbonyl (C=O) groups excluding carboxylic acids is 1. The fourth-order valence-corrected chi connectivity index (χ4v) is 3.66. The van der Waals surface area contributed by atoms with E-state index >= 15 is 0 Å². The minimum Gasteiger partial charge on any atom is -0.368 e. The summed E-state index contributed by atoms with van der Waals surface area (Å²) in [5.74, 6) is 0.462. The van der Waals surface area contributed by atoms with E-state index in [1.807, 2.05) is 18.2 Å². The number of hydrogen-bond donors (Lipinski definition) is 2. The summed E-state index contributed by atoms with van der Waals surface area (Å²) in [7, 11) is 0. The number of alkyl halides is 3. The van der Waals surface area contributed by atoms with Crippen molar-refractivity contribution >= 4 is 45.8 Å². The van der Waals surface area contributed by atoms with Crippen molar-refractivity contribution in [2.75, 3.05) is 18.4 Å². The molecule has 0 aliphatic rings. The first-order valence-electron chi connectivity index (χ1n) is 10.1. The number of aromatic nitrogens is 2. The number of rotatable bonds is 6. The van der Waals surface area contributed by atoms with Crippen molar-refractivity contribution in [3.8, 4) is 11.4 Å². The first kappa shape index (κ1) is 23.8. The SMILES string of the molecule is O=C(NCCNc1nc(-c2ccccc2Cl)nc2cc(Cl)ccc12)c1ccc(C(F)(F)F)cc1. The molecule has 34 heavy (non-hydrogen) atoms. The highest BCUT2D eigenvalue weighted by Gasteiger charge is 2.30. The van der Waals surface area contributed by atoms with Crippen LogP contribution in [-0.2, 0) is 6.18 Å². The Morgan fingerprint density at radius 1 is 0.912 bits per heavy atom. The second-order valence-corrected chi connectivity index (χ2v) is 8.14. The molecule has 0 saturated carbocycles. The van der Waals surface area contributed by atoms with Crippen LogP contribution in [0.4, 0.5) is 19.0 Å². The number of halogens is 5. The summed E-state index contributed by atoms with van der Waals surface area (Å²) >= 11 is 12.5. The van der Waals surface area contributed by atoms with Crippen molar-refractivity contribution in [3.05, 3.63) is 87.9 Å². The van der Waals surface area contributed by atoms with Crippen LogP contribution in [0.15, 0.2) is 66.7 Å². The molecule has 0 fully saturated rings. The van der Waals surface area contributed by atoms with Gasteiger partial charge in [-0.3, -0.25) is 4.79 Å². The van der Waals surface area contributed by atoms with Gasteiger partial charge in [-0.05, 0) is 54.6 Å². The smallest absolute Gasteiger partial charge is 0.368 e. The molecule has 0 atom stereocenters. The summed E-state index contributed by atoms with van der Waals surface area (Å²) in [6.07, 6.45) is -4.45. The van der Waals surface area contributed by atoms with E-state index in [9.17, 15) is 18.0 Å². The minimum absolute atomic E-state index is 0.135. The van der Waals surface area contributed by atoms with E-state index < -0.39 is 17.6 Å². The molecule has 0 bridgehead atoms. The average Bonchev–Trinajstić information content (AvgIpc) is 2.81. The van der Waals surface area contributed by atoms with Gasteiger partial charge in [-0.25, -0.2) is 9.97 Å². The zero-order valence-electron chi connectivity index (χ0n) is 17.5. The van der Waals surface area contributed by atoms with Gasteiger partial charge in [-0.15, -0.1) is 0 Å². The maximum absolute atomic E-state index is 12.7. The average molecular weight is 505 g/mol. The van der Waals surface area contributed by atoms with Crippen molar-refractivity contribution in [2.45, 2.75) is 6.18 Å². The third-order valence-electron chi connectivity index (χ3n) is 4.95. The molecule has 0 radical (unpaired) electrons. The summed E-state index contributed by atoms with van der Waals surface area (Å²) in [5, 5.41) is 7.59. The molecular weight excluding hydrogens is 488 g/mol. The third kappa shape index (κ3) is 5.40. The lowest BCUT2D eigenvalue weighted by atomic mass is 10.1. The Kier molecular flexibility index (Phi) is 6.90. The molecule has 0 unspecified atom stereocenters. The van der Waals surface area contributed by atoms with Gasteiger partial charge < -0.3 is 10.6 Å². The molecule has 10 heteroatoms. The van der Waals surface area contributed by atoms with Crippen LogP contribution in [0.1, 0.15) is 15.9 Å². The molecule has 1 heterocycles. The number of anilines is 1. The van der Waals surface area contributed by atoms with Crippen molar-refractivity contribution in [3.63, 3.8) is 0 Å². The molecule has 174 valence electrons. The molecule has 5 nitrogen and oxygen atoms in total. The lowest BCUT2D eigenvalue weighted by Gasteiger charge is -2.13. The Hall–Kier alpha value is -3.36. The van der Waals surface area contributed by atoms with E-state index in [2.05, 4.69) is 20.6 Å². The zero-order valence-corrected chi connectivity index (χ0v) is 19.0. The topological polar surface area (TPSA) is 66.9 Å². The van der Waals surface area contributed by atoms with Gasteiger partial charge in [0.2, 0.25) is 0 Å². The van der Waals surface area contributed by atoms with E-state index in [0.717, 1.165) is 29.7 Å². The molecule has 4 aromatic rings. The number of fused-ring (bicyclic) bond motifs is 1. The molecule has 0 aliphatic heterocycles. The van der Waals surface area contributed by atoms with Crippen LogP contribution < -0.4 is 10.6 Å². The quantitative estimate of drug-likeness (QED) is 0.295. The van der Waals surface area contributed by atoms with Gasteiger partial charge in [-0.2, -0.15) is 13.2 Å².